The first kappa shape index (κ1) is 17.1. The summed E-state index contributed by atoms with van der Waals surface area (Å²) in [5, 5.41) is 10.9. The van der Waals surface area contributed by atoms with Crippen molar-refractivity contribution < 1.29 is 4.74 Å². The summed E-state index contributed by atoms with van der Waals surface area (Å²) < 4.78 is 7.58. The number of hydrogen-bond acceptors (Lipinski definition) is 9. The van der Waals surface area contributed by atoms with Gasteiger partial charge in [-0.05, 0) is 18.1 Å². The molecule has 0 amide bonds. The highest BCUT2D eigenvalue weighted by Crippen LogP contribution is 2.30. The van der Waals surface area contributed by atoms with Crippen molar-refractivity contribution in [3.8, 4) is 11.8 Å². The predicted molar refractivity (Wildman–Crippen MR) is 101 cm³/mol. The van der Waals surface area contributed by atoms with Gasteiger partial charge in [-0.2, -0.15) is 4.98 Å². The Kier molecular flexibility index (Phi) is 4.13. The molecule has 0 saturated carbocycles. The van der Waals surface area contributed by atoms with E-state index in [1.807, 2.05) is 7.05 Å². The Balaban J connectivity index is 1.75. The molecule has 0 radical (unpaired) electrons. The van der Waals surface area contributed by atoms with Gasteiger partial charge in [0, 0.05) is 29.8 Å². The monoisotopic (exact) mass is 374 g/mol. The number of hydrogen-bond donors (Lipinski definition) is 2. The van der Waals surface area contributed by atoms with E-state index in [1.54, 1.807) is 36.0 Å². The third kappa shape index (κ3) is 3.21. The molecule has 0 aromatic carbocycles. The zero-order valence-corrected chi connectivity index (χ0v) is 15.0. The number of aryl methyl sites for hydroxylation is 2. The van der Waals surface area contributed by atoms with Crippen LogP contribution in [0.2, 0.25) is 0 Å². The van der Waals surface area contributed by atoms with Crippen LogP contribution in [0.15, 0.2) is 30.9 Å². The van der Waals surface area contributed by atoms with E-state index in [1.165, 1.54) is 6.33 Å². The number of nitrogens with one attached hydrogen (secondary N) is 1. The lowest BCUT2D eigenvalue weighted by Gasteiger charge is -2.10. The van der Waals surface area contributed by atoms with Gasteiger partial charge in [-0.3, -0.25) is 0 Å². The summed E-state index contributed by atoms with van der Waals surface area (Å²) in [4.78, 5) is 20.1. The van der Waals surface area contributed by atoms with E-state index >= 15 is 0 Å². The number of nitrogens with two attached hydrogens (primary N) is 1. The van der Waals surface area contributed by atoms with E-state index in [4.69, 9.17) is 17.0 Å². The maximum Gasteiger partial charge on any atom is 0.296 e. The predicted octanol–water partition coefficient (Wildman–Crippen LogP) is 2.53. The van der Waals surface area contributed by atoms with Gasteiger partial charge in [0.1, 0.15) is 23.5 Å². The van der Waals surface area contributed by atoms with Crippen LogP contribution >= 0.6 is 0 Å². The van der Waals surface area contributed by atoms with Gasteiger partial charge in [-0.15, -0.1) is 0 Å². The maximum atomic E-state index is 7.01. The topological polar surface area (TPSA) is 134 Å². The van der Waals surface area contributed by atoms with E-state index in [0.29, 0.717) is 34.1 Å². The van der Waals surface area contributed by atoms with Crippen molar-refractivity contribution in [3.63, 3.8) is 0 Å². The van der Waals surface area contributed by atoms with E-state index < -0.39 is 0 Å². The standard InChI is InChI=1S/C17H14N10O/c1-9-4-12(19-2)25-26-17(9)28-14-5-10(15-16(24-14)27(3)8-22-15)23-13-6-11(18)20-7-21-13/h4-8H,1,3H3,(H3,18,20,21,23,24). The molecule has 4 aromatic rings. The van der Waals surface area contributed by atoms with Crippen LogP contribution in [0.1, 0.15) is 5.56 Å². The second-order valence-corrected chi connectivity index (χ2v) is 5.89. The van der Waals surface area contributed by atoms with Crippen molar-refractivity contribution in [3.05, 3.63) is 47.8 Å². The fourth-order valence-electron chi connectivity index (χ4n) is 2.51. The molecule has 0 spiro atoms. The molecule has 0 saturated heterocycles. The van der Waals surface area contributed by atoms with Crippen LogP contribution in [-0.2, 0) is 7.05 Å². The van der Waals surface area contributed by atoms with Crippen molar-refractivity contribution in [2.45, 2.75) is 6.92 Å². The second kappa shape index (κ2) is 6.76. The molecule has 3 N–H and O–H groups in total. The van der Waals surface area contributed by atoms with Gasteiger partial charge in [0.05, 0.1) is 12.0 Å². The van der Waals surface area contributed by atoms with Gasteiger partial charge in [-0.1, -0.05) is 6.57 Å². The summed E-state index contributed by atoms with van der Waals surface area (Å²) in [6, 6.07) is 4.88. The van der Waals surface area contributed by atoms with E-state index in [-0.39, 0.29) is 17.6 Å². The first-order chi connectivity index (χ1) is 13.5. The highest BCUT2D eigenvalue weighted by Gasteiger charge is 2.15. The van der Waals surface area contributed by atoms with Crippen LogP contribution < -0.4 is 15.8 Å². The van der Waals surface area contributed by atoms with E-state index in [2.05, 4.69) is 40.3 Å². The number of imidazole rings is 1. The number of nitrogen functional groups attached to an aromatic ring is 1. The van der Waals surface area contributed by atoms with Crippen LogP contribution in [0.5, 0.6) is 11.8 Å². The molecular weight excluding hydrogens is 360 g/mol. The Morgan fingerprint density at radius 2 is 2.04 bits per heavy atom. The minimum Gasteiger partial charge on any atom is -0.417 e. The molecule has 0 atom stereocenters. The van der Waals surface area contributed by atoms with Crippen LogP contribution in [0.4, 0.5) is 23.1 Å². The molecule has 28 heavy (non-hydrogen) atoms. The summed E-state index contributed by atoms with van der Waals surface area (Å²) in [6.45, 7) is 8.79. The van der Waals surface area contributed by atoms with Gasteiger partial charge >= 0.3 is 0 Å². The fourth-order valence-corrected chi connectivity index (χ4v) is 2.51. The van der Waals surface area contributed by atoms with Crippen molar-refractivity contribution >= 4 is 34.3 Å². The molecule has 0 bridgehead atoms. The first-order valence-electron chi connectivity index (χ1n) is 8.10. The minimum atomic E-state index is 0.198. The molecule has 0 unspecified atom stereocenters. The average molecular weight is 374 g/mol. The van der Waals surface area contributed by atoms with E-state index in [0.717, 1.165) is 0 Å². The summed E-state index contributed by atoms with van der Waals surface area (Å²) >= 11 is 0. The third-order valence-electron chi connectivity index (χ3n) is 3.84. The quantitative estimate of drug-likeness (QED) is 0.517. The second-order valence-electron chi connectivity index (χ2n) is 5.89. The highest BCUT2D eigenvalue weighted by molar-refractivity contribution is 5.88. The zero-order valence-electron chi connectivity index (χ0n) is 15.0. The molecule has 4 aromatic heterocycles. The first-order valence-corrected chi connectivity index (χ1v) is 8.10. The molecular formula is C17H14N10O. The number of fused-ring (bicyclic) bond motifs is 1. The lowest BCUT2D eigenvalue weighted by molar-refractivity contribution is 0.436. The number of pyridine rings is 1. The Morgan fingerprint density at radius 1 is 1.18 bits per heavy atom. The van der Waals surface area contributed by atoms with Crippen LogP contribution in [0, 0.1) is 13.5 Å². The lowest BCUT2D eigenvalue weighted by Crippen LogP contribution is -2.01. The number of aromatic nitrogens is 7. The molecule has 0 aliphatic carbocycles. The number of ether oxygens (including phenoxy) is 1. The summed E-state index contributed by atoms with van der Waals surface area (Å²) in [5.74, 6) is 1.59. The normalized spacial score (nSPS) is 10.6. The van der Waals surface area contributed by atoms with Crippen molar-refractivity contribution in [1.82, 2.24) is 34.7 Å². The molecule has 4 rings (SSSR count). The molecule has 11 heteroatoms. The number of nitrogens with zero attached hydrogens (tertiary/aromatic N) is 8. The smallest absolute Gasteiger partial charge is 0.296 e. The zero-order chi connectivity index (χ0) is 19.7. The summed E-state index contributed by atoms with van der Waals surface area (Å²) in [5.41, 5.74) is 8.26. The van der Waals surface area contributed by atoms with Crippen molar-refractivity contribution in [1.29, 1.82) is 0 Å². The van der Waals surface area contributed by atoms with Crippen molar-refractivity contribution in [2.75, 3.05) is 11.1 Å². The molecule has 0 aliphatic rings. The van der Waals surface area contributed by atoms with Gasteiger partial charge in [0.25, 0.3) is 11.7 Å². The summed E-state index contributed by atoms with van der Waals surface area (Å²) in [6.07, 6.45) is 3.01. The van der Waals surface area contributed by atoms with E-state index in [9.17, 15) is 0 Å². The van der Waals surface area contributed by atoms with Gasteiger partial charge in [0.15, 0.2) is 5.65 Å². The Labute approximate surface area is 159 Å². The van der Waals surface area contributed by atoms with Crippen LogP contribution in [0.25, 0.3) is 16.0 Å². The van der Waals surface area contributed by atoms with Gasteiger partial charge < -0.3 is 25.2 Å². The van der Waals surface area contributed by atoms with Crippen LogP contribution in [-0.4, -0.2) is 34.7 Å². The Bertz CT molecular complexity index is 1230. The average Bonchev–Trinajstić information content (AvgIpc) is 3.05. The maximum absolute atomic E-state index is 7.01. The Morgan fingerprint density at radius 3 is 2.79 bits per heavy atom. The number of rotatable bonds is 4. The molecule has 4 heterocycles. The van der Waals surface area contributed by atoms with Gasteiger partial charge in [-0.25, -0.2) is 15.0 Å². The largest absolute Gasteiger partial charge is 0.417 e. The minimum absolute atomic E-state index is 0.198. The number of anilines is 3. The fraction of sp³-hybridized carbons (Fsp3) is 0.118. The van der Waals surface area contributed by atoms with Gasteiger partial charge in [0.2, 0.25) is 5.88 Å². The molecule has 0 fully saturated rings. The Hall–Kier alpha value is -4.33. The SMILES string of the molecule is [C-]#[N+]c1cc(C)c(Oc2cc(Nc3cc(N)ncn3)c3ncn(C)c3n2)nn1. The highest BCUT2D eigenvalue weighted by atomic mass is 16.5. The molecule has 0 aliphatic heterocycles. The molecule has 138 valence electrons. The van der Waals surface area contributed by atoms with Crippen molar-refractivity contribution in [2.24, 2.45) is 7.05 Å². The third-order valence-corrected chi connectivity index (χ3v) is 3.84. The lowest BCUT2D eigenvalue weighted by atomic mass is 10.3. The van der Waals surface area contributed by atoms with Crippen LogP contribution in [0.3, 0.4) is 0 Å². The summed E-state index contributed by atoms with van der Waals surface area (Å²) in [7, 11) is 1.83. The molecule has 11 nitrogen and oxygen atoms in total.